The van der Waals surface area contributed by atoms with Gasteiger partial charge in [-0.15, -0.1) is 11.8 Å². The number of benzene rings is 1. The molecule has 0 bridgehead atoms. The third kappa shape index (κ3) is 3.25. The van der Waals surface area contributed by atoms with Crippen LogP contribution in [0.15, 0.2) is 29.2 Å². The SMILES string of the molecule is CNC1(C(=O)OC)CCC(Sc2ccc(Cl)cc2)C1. The van der Waals surface area contributed by atoms with Crippen LogP contribution in [0.2, 0.25) is 5.02 Å². The molecule has 1 aromatic carbocycles. The van der Waals surface area contributed by atoms with Crippen LogP contribution < -0.4 is 5.32 Å². The van der Waals surface area contributed by atoms with E-state index in [0.717, 1.165) is 24.3 Å². The molecule has 1 N–H and O–H groups in total. The molecule has 2 atom stereocenters. The summed E-state index contributed by atoms with van der Waals surface area (Å²) in [5.41, 5.74) is -0.515. The molecule has 3 nitrogen and oxygen atoms in total. The average molecular weight is 300 g/mol. The molecule has 0 radical (unpaired) electrons. The van der Waals surface area contributed by atoms with E-state index in [1.807, 2.05) is 31.3 Å². The predicted octanol–water partition coefficient (Wildman–Crippen LogP) is 3.12. The zero-order valence-electron chi connectivity index (χ0n) is 11.1. The predicted molar refractivity (Wildman–Crippen MR) is 78.8 cm³/mol. The average Bonchev–Trinajstić information content (AvgIpc) is 2.85. The highest BCUT2D eigenvalue weighted by Crippen LogP contribution is 2.40. The lowest BCUT2D eigenvalue weighted by atomic mass is 9.98. The van der Waals surface area contributed by atoms with Crippen molar-refractivity contribution < 1.29 is 9.53 Å². The molecule has 1 fully saturated rings. The number of hydrogen-bond acceptors (Lipinski definition) is 4. The van der Waals surface area contributed by atoms with Gasteiger partial charge >= 0.3 is 5.97 Å². The molecule has 2 unspecified atom stereocenters. The van der Waals surface area contributed by atoms with Crippen molar-refractivity contribution >= 4 is 29.3 Å². The minimum Gasteiger partial charge on any atom is -0.468 e. The second kappa shape index (κ2) is 6.16. The standard InChI is InChI=1S/C14H18ClNO2S/c1-16-14(13(17)18-2)8-7-12(9-14)19-11-5-3-10(15)4-6-11/h3-6,12,16H,7-9H2,1-2H3. The third-order valence-electron chi connectivity index (χ3n) is 3.64. The molecule has 1 aliphatic rings. The number of likely N-dealkylation sites (N-methyl/N-ethyl adjacent to an activating group) is 1. The number of hydrogen-bond donors (Lipinski definition) is 1. The quantitative estimate of drug-likeness (QED) is 0.867. The fraction of sp³-hybridized carbons (Fsp3) is 0.500. The van der Waals surface area contributed by atoms with E-state index in [-0.39, 0.29) is 5.97 Å². The van der Waals surface area contributed by atoms with Crippen molar-refractivity contribution in [3.05, 3.63) is 29.3 Å². The summed E-state index contributed by atoms with van der Waals surface area (Å²) in [5, 5.41) is 4.31. The molecule has 2 rings (SSSR count). The van der Waals surface area contributed by atoms with Crippen LogP contribution in [-0.4, -0.2) is 30.9 Å². The van der Waals surface area contributed by atoms with Crippen LogP contribution in [0.25, 0.3) is 0 Å². The van der Waals surface area contributed by atoms with Crippen molar-refractivity contribution in [3.63, 3.8) is 0 Å². The molecule has 0 amide bonds. The highest BCUT2D eigenvalue weighted by molar-refractivity contribution is 8.00. The second-order valence-electron chi connectivity index (χ2n) is 4.76. The van der Waals surface area contributed by atoms with Gasteiger partial charge in [0.2, 0.25) is 0 Å². The number of thioether (sulfide) groups is 1. The Kier molecular flexibility index (Phi) is 4.76. The van der Waals surface area contributed by atoms with Crippen LogP contribution in [0, 0.1) is 0 Å². The highest BCUT2D eigenvalue weighted by atomic mass is 35.5. The lowest BCUT2D eigenvalue weighted by molar-refractivity contribution is -0.148. The Labute approximate surface area is 123 Å². The topological polar surface area (TPSA) is 38.3 Å². The first-order valence-corrected chi connectivity index (χ1v) is 7.55. The molecule has 0 saturated heterocycles. The highest BCUT2D eigenvalue weighted by Gasteiger charge is 2.45. The van der Waals surface area contributed by atoms with Gasteiger partial charge in [0, 0.05) is 15.2 Å². The van der Waals surface area contributed by atoms with Gasteiger partial charge in [0.25, 0.3) is 0 Å². The maximum absolute atomic E-state index is 11.9. The van der Waals surface area contributed by atoms with Gasteiger partial charge in [-0.25, -0.2) is 0 Å². The van der Waals surface area contributed by atoms with Gasteiger partial charge in [0.05, 0.1) is 7.11 Å². The van der Waals surface area contributed by atoms with Crippen LogP contribution >= 0.6 is 23.4 Å². The van der Waals surface area contributed by atoms with E-state index in [2.05, 4.69) is 5.32 Å². The van der Waals surface area contributed by atoms with Crippen molar-refractivity contribution in [2.75, 3.05) is 14.2 Å². The first-order valence-electron chi connectivity index (χ1n) is 6.29. The van der Waals surface area contributed by atoms with Gasteiger partial charge in [-0.2, -0.15) is 0 Å². The number of rotatable bonds is 4. The first-order chi connectivity index (χ1) is 9.09. The van der Waals surface area contributed by atoms with Crippen molar-refractivity contribution in [1.29, 1.82) is 0 Å². The fourth-order valence-electron chi connectivity index (χ4n) is 2.52. The summed E-state index contributed by atoms with van der Waals surface area (Å²) < 4.78 is 4.91. The third-order valence-corrected chi connectivity index (χ3v) is 5.17. The summed E-state index contributed by atoms with van der Waals surface area (Å²) in [6.45, 7) is 0. The van der Waals surface area contributed by atoms with Crippen LogP contribution in [-0.2, 0) is 9.53 Å². The summed E-state index contributed by atoms with van der Waals surface area (Å²) in [7, 11) is 3.27. The summed E-state index contributed by atoms with van der Waals surface area (Å²) in [6, 6.07) is 7.82. The van der Waals surface area contributed by atoms with Gasteiger partial charge in [-0.05, 0) is 50.6 Å². The Balaban J connectivity index is 2.01. The van der Waals surface area contributed by atoms with Crippen LogP contribution in [0.4, 0.5) is 0 Å². The van der Waals surface area contributed by atoms with E-state index in [9.17, 15) is 4.79 Å². The van der Waals surface area contributed by atoms with E-state index in [1.54, 1.807) is 11.8 Å². The Bertz CT molecular complexity index is 451. The van der Waals surface area contributed by atoms with Gasteiger partial charge in [-0.1, -0.05) is 11.6 Å². The van der Waals surface area contributed by atoms with Gasteiger partial charge in [0.15, 0.2) is 0 Å². The first kappa shape index (κ1) is 14.7. The Morgan fingerprint density at radius 3 is 2.74 bits per heavy atom. The molecule has 1 aliphatic carbocycles. The largest absolute Gasteiger partial charge is 0.468 e. The lowest BCUT2D eigenvalue weighted by Crippen LogP contribution is -2.49. The zero-order valence-corrected chi connectivity index (χ0v) is 12.7. The number of halogens is 1. The summed E-state index contributed by atoms with van der Waals surface area (Å²) >= 11 is 7.68. The van der Waals surface area contributed by atoms with Crippen molar-refractivity contribution in [2.24, 2.45) is 0 Å². The van der Waals surface area contributed by atoms with Gasteiger partial charge < -0.3 is 10.1 Å². The molecular formula is C14H18ClNO2S. The van der Waals surface area contributed by atoms with Gasteiger partial charge in [0.1, 0.15) is 5.54 Å². The molecule has 5 heteroatoms. The number of carbonyl (C=O) groups is 1. The van der Waals surface area contributed by atoms with E-state index in [4.69, 9.17) is 16.3 Å². The smallest absolute Gasteiger partial charge is 0.326 e. The molecule has 1 aromatic rings. The Hall–Kier alpha value is -0.710. The zero-order chi connectivity index (χ0) is 13.9. The number of ether oxygens (including phenoxy) is 1. The van der Waals surface area contributed by atoms with Crippen molar-refractivity contribution in [1.82, 2.24) is 5.32 Å². The Morgan fingerprint density at radius 1 is 1.47 bits per heavy atom. The lowest BCUT2D eigenvalue weighted by Gasteiger charge is -2.25. The molecular weight excluding hydrogens is 282 g/mol. The fourth-order valence-corrected chi connectivity index (χ4v) is 3.92. The Morgan fingerprint density at radius 2 is 2.16 bits per heavy atom. The molecule has 0 aromatic heterocycles. The van der Waals surface area contributed by atoms with Crippen molar-refractivity contribution in [3.8, 4) is 0 Å². The summed E-state index contributed by atoms with van der Waals surface area (Å²) in [6.07, 6.45) is 2.62. The second-order valence-corrected chi connectivity index (χ2v) is 6.57. The maximum Gasteiger partial charge on any atom is 0.326 e. The molecule has 19 heavy (non-hydrogen) atoms. The number of methoxy groups -OCH3 is 1. The molecule has 1 saturated carbocycles. The van der Waals surface area contributed by atoms with Crippen LogP contribution in [0.5, 0.6) is 0 Å². The van der Waals surface area contributed by atoms with Crippen molar-refractivity contribution in [2.45, 2.75) is 34.9 Å². The van der Waals surface area contributed by atoms with Crippen LogP contribution in [0.1, 0.15) is 19.3 Å². The normalized spacial score (nSPS) is 26.4. The van der Waals surface area contributed by atoms with E-state index < -0.39 is 5.54 Å². The summed E-state index contributed by atoms with van der Waals surface area (Å²) in [5.74, 6) is -0.158. The summed E-state index contributed by atoms with van der Waals surface area (Å²) in [4.78, 5) is 13.1. The molecule has 104 valence electrons. The van der Waals surface area contributed by atoms with Gasteiger partial charge in [-0.3, -0.25) is 4.79 Å². The molecule has 0 heterocycles. The van der Waals surface area contributed by atoms with Crippen LogP contribution in [0.3, 0.4) is 0 Å². The number of esters is 1. The maximum atomic E-state index is 11.9. The minimum absolute atomic E-state index is 0.158. The minimum atomic E-state index is -0.515. The molecule has 0 aliphatic heterocycles. The van der Waals surface area contributed by atoms with E-state index >= 15 is 0 Å². The monoisotopic (exact) mass is 299 g/mol. The number of carbonyl (C=O) groups excluding carboxylic acids is 1. The van der Waals surface area contributed by atoms with E-state index in [0.29, 0.717) is 5.25 Å². The molecule has 0 spiro atoms. The number of nitrogens with one attached hydrogen (secondary N) is 1. The van der Waals surface area contributed by atoms with E-state index in [1.165, 1.54) is 12.0 Å².